The summed E-state index contributed by atoms with van der Waals surface area (Å²) in [5, 5.41) is 0. The zero-order chi connectivity index (χ0) is 14.0. The number of benzene rings is 1. The zero-order valence-corrected chi connectivity index (χ0v) is 12.3. The van der Waals surface area contributed by atoms with Gasteiger partial charge in [-0.2, -0.15) is 0 Å². The lowest BCUT2D eigenvalue weighted by Gasteiger charge is -2.08. The van der Waals surface area contributed by atoms with Gasteiger partial charge in [0.15, 0.2) is 0 Å². The van der Waals surface area contributed by atoms with E-state index in [2.05, 4.69) is 56.5 Å². The Morgan fingerprint density at radius 1 is 1.16 bits per heavy atom. The van der Waals surface area contributed by atoms with Crippen LogP contribution in [0.25, 0.3) is 11.3 Å². The van der Waals surface area contributed by atoms with E-state index < -0.39 is 0 Å². The number of hydrogen-bond donors (Lipinski definition) is 1. The summed E-state index contributed by atoms with van der Waals surface area (Å²) < 4.78 is 2.10. The van der Waals surface area contributed by atoms with Gasteiger partial charge in [0.25, 0.3) is 0 Å². The normalized spacial score (nSPS) is 11.2. The van der Waals surface area contributed by atoms with Crippen LogP contribution in [0.15, 0.2) is 24.3 Å². The second-order valence-electron chi connectivity index (χ2n) is 5.15. The number of imidazole rings is 1. The van der Waals surface area contributed by atoms with Crippen LogP contribution in [0.4, 0.5) is 5.82 Å². The Morgan fingerprint density at radius 3 is 2.21 bits per heavy atom. The summed E-state index contributed by atoms with van der Waals surface area (Å²) in [6.07, 6.45) is 1.05. The third kappa shape index (κ3) is 2.50. The van der Waals surface area contributed by atoms with Crippen LogP contribution in [0.1, 0.15) is 45.0 Å². The molecule has 0 unspecified atom stereocenters. The minimum absolute atomic E-state index is 0.380. The molecule has 1 aromatic heterocycles. The van der Waals surface area contributed by atoms with Crippen molar-refractivity contribution in [1.82, 2.24) is 9.55 Å². The average molecular weight is 257 g/mol. The first kappa shape index (κ1) is 13.7. The molecule has 2 aromatic rings. The van der Waals surface area contributed by atoms with Crippen LogP contribution in [0.5, 0.6) is 0 Å². The molecule has 0 aliphatic carbocycles. The summed E-state index contributed by atoms with van der Waals surface area (Å²) >= 11 is 0. The number of nitrogen functional groups attached to an aromatic ring is 1. The second kappa shape index (κ2) is 5.47. The molecule has 0 spiro atoms. The lowest BCUT2D eigenvalue weighted by molar-refractivity contribution is 0.658. The van der Waals surface area contributed by atoms with E-state index in [4.69, 9.17) is 10.7 Å². The maximum absolute atomic E-state index is 6.26. The Labute approximate surface area is 115 Å². The Kier molecular flexibility index (Phi) is 3.93. The molecule has 0 atom stereocenters. The molecule has 3 heteroatoms. The molecule has 102 valence electrons. The lowest BCUT2D eigenvalue weighted by Crippen LogP contribution is -2.06. The van der Waals surface area contributed by atoms with Gasteiger partial charge in [-0.3, -0.25) is 0 Å². The molecule has 2 N–H and O–H groups in total. The molecule has 0 amide bonds. The Hall–Kier alpha value is -1.77. The first-order valence-corrected chi connectivity index (χ1v) is 7.03. The fourth-order valence-electron chi connectivity index (χ4n) is 2.37. The Morgan fingerprint density at radius 2 is 1.79 bits per heavy atom. The maximum Gasteiger partial charge on any atom is 0.131 e. The van der Waals surface area contributed by atoms with Gasteiger partial charge in [0.1, 0.15) is 17.3 Å². The van der Waals surface area contributed by atoms with E-state index in [1.165, 1.54) is 5.56 Å². The van der Waals surface area contributed by atoms with Crippen molar-refractivity contribution < 1.29 is 0 Å². The second-order valence-corrected chi connectivity index (χ2v) is 5.15. The molecule has 0 saturated heterocycles. The monoisotopic (exact) mass is 257 g/mol. The largest absolute Gasteiger partial charge is 0.383 e. The van der Waals surface area contributed by atoms with Gasteiger partial charge in [-0.05, 0) is 18.9 Å². The summed E-state index contributed by atoms with van der Waals surface area (Å²) in [5.41, 5.74) is 9.60. The molecule has 1 heterocycles. The highest BCUT2D eigenvalue weighted by atomic mass is 15.1. The SMILES string of the molecule is CCc1ccc(-c2nc(C(C)C)n(CC)c2N)cc1. The topological polar surface area (TPSA) is 43.8 Å². The standard InChI is InChI=1S/C16H23N3/c1-5-12-7-9-13(10-8-12)14-15(17)19(6-2)16(18-14)11(3)4/h7-11H,5-6,17H2,1-4H3. The zero-order valence-electron chi connectivity index (χ0n) is 12.3. The number of aryl methyl sites for hydroxylation is 1. The smallest absolute Gasteiger partial charge is 0.131 e. The molecule has 0 fully saturated rings. The summed E-state index contributed by atoms with van der Waals surface area (Å²) in [5.74, 6) is 2.22. The summed E-state index contributed by atoms with van der Waals surface area (Å²) in [6, 6.07) is 8.52. The van der Waals surface area contributed by atoms with Gasteiger partial charge in [-0.1, -0.05) is 45.0 Å². The average Bonchev–Trinajstić information content (AvgIpc) is 2.76. The highest BCUT2D eigenvalue weighted by Gasteiger charge is 2.17. The molecule has 19 heavy (non-hydrogen) atoms. The number of nitrogens with two attached hydrogens (primary N) is 1. The molecule has 0 bridgehead atoms. The van der Waals surface area contributed by atoms with Crippen LogP contribution < -0.4 is 5.73 Å². The van der Waals surface area contributed by atoms with Gasteiger partial charge >= 0.3 is 0 Å². The maximum atomic E-state index is 6.26. The first-order chi connectivity index (χ1) is 9.08. The van der Waals surface area contributed by atoms with Crippen molar-refractivity contribution in [2.24, 2.45) is 0 Å². The number of nitrogens with zero attached hydrogens (tertiary/aromatic N) is 2. The van der Waals surface area contributed by atoms with Gasteiger partial charge in [-0.15, -0.1) is 0 Å². The van der Waals surface area contributed by atoms with Crippen LogP contribution in [-0.4, -0.2) is 9.55 Å². The third-order valence-corrected chi connectivity index (χ3v) is 3.50. The van der Waals surface area contributed by atoms with Gasteiger partial charge in [-0.25, -0.2) is 4.98 Å². The molecule has 0 radical (unpaired) electrons. The van der Waals surface area contributed by atoms with Gasteiger partial charge in [0.2, 0.25) is 0 Å². The van der Waals surface area contributed by atoms with E-state index in [1.54, 1.807) is 0 Å². The van der Waals surface area contributed by atoms with Crippen molar-refractivity contribution in [3.8, 4) is 11.3 Å². The van der Waals surface area contributed by atoms with E-state index in [0.29, 0.717) is 5.92 Å². The van der Waals surface area contributed by atoms with Crippen molar-refractivity contribution >= 4 is 5.82 Å². The van der Waals surface area contributed by atoms with Crippen LogP contribution in [0.2, 0.25) is 0 Å². The highest BCUT2D eigenvalue weighted by molar-refractivity contribution is 5.71. The Bertz CT molecular complexity index is 550. The van der Waals surface area contributed by atoms with Gasteiger partial charge in [0, 0.05) is 18.0 Å². The Balaban J connectivity index is 2.49. The number of anilines is 1. The van der Waals surface area contributed by atoms with Crippen LogP contribution in [0.3, 0.4) is 0 Å². The third-order valence-electron chi connectivity index (χ3n) is 3.50. The van der Waals surface area contributed by atoms with Gasteiger partial charge < -0.3 is 10.3 Å². The van der Waals surface area contributed by atoms with E-state index in [0.717, 1.165) is 35.9 Å². The molecule has 1 aromatic carbocycles. The summed E-state index contributed by atoms with van der Waals surface area (Å²) in [4.78, 5) is 4.74. The van der Waals surface area contributed by atoms with Crippen molar-refractivity contribution in [2.75, 3.05) is 5.73 Å². The van der Waals surface area contributed by atoms with Gasteiger partial charge in [0.05, 0.1) is 0 Å². The molecule has 2 rings (SSSR count). The fraction of sp³-hybridized carbons (Fsp3) is 0.438. The first-order valence-electron chi connectivity index (χ1n) is 7.03. The van der Waals surface area contributed by atoms with E-state index in [1.807, 2.05) is 0 Å². The number of rotatable bonds is 4. The van der Waals surface area contributed by atoms with Crippen molar-refractivity contribution in [2.45, 2.75) is 46.6 Å². The molecular weight excluding hydrogens is 234 g/mol. The predicted octanol–water partition coefficient (Wildman–Crippen LogP) is 3.84. The fourth-order valence-corrected chi connectivity index (χ4v) is 2.37. The lowest BCUT2D eigenvalue weighted by atomic mass is 10.1. The molecule has 0 aliphatic rings. The minimum atomic E-state index is 0.380. The minimum Gasteiger partial charge on any atom is -0.383 e. The summed E-state index contributed by atoms with van der Waals surface area (Å²) in [7, 11) is 0. The van der Waals surface area contributed by atoms with Crippen LogP contribution in [0, 0.1) is 0 Å². The van der Waals surface area contributed by atoms with Crippen molar-refractivity contribution in [3.05, 3.63) is 35.7 Å². The predicted molar refractivity (Wildman–Crippen MR) is 81.2 cm³/mol. The number of hydrogen-bond acceptors (Lipinski definition) is 2. The quantitative estimate of drug-likeness (QED) is 0.904. The number of aromatic nitrogens is 2. The highest BCUT2D eigenvalue weighted by Crippen LogP contribution is 2.29. The van der Waals surface area contributed by atoms with Crippen LogP contribution >= 0.6 is 0 Å². The van der Waals surface area contributed by atoms with E-state index in [9.17, 15) is 0 Å². The van der Waals surface area contributed by atoms with E-state index in [-0.39, 0.29) is 0 Å². The molecular formula is C16H23N3. The van der Waals surface area contributed by atoms with E-state index >= 15 is 0 Å². The molecule has 3 nitrogen and oxygen atoms in total. The van der Waals surface area contributed by atoms with Crippen LogP contribution in [-0.2, 0) is 13.0 Å². The molecule has 0 aliphatic heterocycles. The van der Waals surface area contributed by atoms with Crippen molar-refractivity contribution in [1.29, 1.82) is 0 Å². The summed E-state index contributed by atoms with van der Waals surface area (Å²) in [6.45, 7) is 9.43. The van der Waals surface area contributed by atoms with Crippen molar-refractivity contribution in [3.63, 3.8) is 0 Å². The molecule has 0 saturated carbocycles.